The average Bonchev–Trinajstić information content (AvgIpc) is 2.90. The maximum atomic E-state index is 12.4. The lowest BCUT2D eigenvalue weighted by molar-refractivity contribution is -0.116. The maximum absolute atomic E-state index is 12.4. The smallest absolute Gasteiger partial charge is 0.285 e. The van der Waals surface area contributed by atoms with Gasteiger partial charge in [0.2, 0.25) is 15.9 Å². The van der Waals surface area contributed by atoms with E-state index in [0.717, 1.165) is 27.2 Å². The lowest BCUT2D eigenvalue weighted by Crippen LogP contribution is -2.34. The molecule has 0 aliphatic carbocycles. The van der Waals surface area contributed by atoms with Crippen molar-refractivity contribution in [2.45, 2.75) is 13.8 Å². The first-order valence-corrected chi connectivity index (χ1v) is 10.7. The maximum Gasteiger partial charge on any atom is 0.285 e. The lowest BCUT2D eigenvalue weighted by atomic mass is 10.1. The highest BCUT2D eigenvalue weighted by molar-refractivity contribution is 7.92. The predicted octanol–water partition coefficient (Wildman–Crippen LogP) is 3.58. The van der Waals surface area contributed by atoms with Crippen LogP contribution < -0.4 is 4.31 Å². The number of carbonyl (C=O) groups is 1. The normalized spacial score (nSPS) is 12.0. The van der Waals surface area contributed by atoms with Crippen molar-refractivity contribution in [3.05, 3.63) is 53.6 Å². The number of fused-ring (bicyclic) bond motifs is 1. The fourth-order valence-corrected chi connectivity index (χ4v) is 3.99. The van der Waals surface area contributed by atoms with Crippen LogP contribution in [0, 0.1) is 13.8 Å². The molecular weight excluding hydrogens is 392 g/mol. The summed E-state index contributed by atoms with van der Waals surface area (Å²) in [7, 11) is -2.05. The number of hydrogen-bond acceptors (Lipinski definition) is 5. The molecule has 0 saturated heterocycles. The van der Waals surface area contributed by atoms with Crippen molar-refractivity contribution in [1.82, 2.24) is 4.57 Å². The number of aromatic hydroxyl groups is 1. The number of amides is 1. The number of hydrogen-bond donors (Lipinski definition) is 1. The van der Waals surface area contributed by atoms with Crippen LogP contribution in [0.2, 0.25) is 0 Å². The molecule has 0 unspecified atom stereocenters. The van der Waals surface area contributed by atoms with Gasteiger partial charge in [-0.05, 0) is 37.1 Å². The number of benzene rings is 2. The first kappa shape index (κ1) is 20.5. The summed E-state index contributed by atoms with van der Waals surface area (Å²) < 4.78 is 27.1. The standard InChI is InChI=1S/C20H22N4O4S/c1-13-9-10-14(2)17(11-13)24(29(4,27)28)12-18(25)21-22-19-15-7-5-6-8-16(15)23(3)20(19)26/h5-11,26H,12H2,1-4H3. The summed E-state index contributed by atoms with van der Waals surface area (Å²) in [4.78, 5) is 12.4. The fraction of sp³-hybridized carbons (Fsp3) is 0.250. The quantitative estimate of drug-likeness (QED) is 0.644. The highest BCUT2D eigenvalue weighted by atomic mass is 32.2. The van der Waals surface area contributed by atoms with Crippen molar-refractivity contribution >= 4 is 38.2 Å². The zero-order valence-corrected chi connectivity index (χ0v) is 17.4. The monoisotopic (exact) mass is 414 g/mol. The Hall–Kier alpha value is -3.20. The topological polar surface area (TPSA) is 104 Å². The van der Waals surface area contributed by atoms with Gasteiger partial charge in [0.15, 0.2) is 5.69 Å². The van der Waals surface area contributed by atoms with Crippen LogP contribution in [-0.2, 0) is 21.9 Å². The van der Waals surface area contributed by atoms with Crippen molar-refractivity contribution in [3.8, 4) is 5.88 Å². The Morgan fingerprint density at radius 2 is 1.86 bits per heavy atom. The molecule has 3 aromatic rings. The third kappa shape index (κ3) is 4.14. The van der Waals surface area contributed by atoms with E-state index >= 15 is 0 Å². The average molecular weight is 414 g/mol. The Labute approximate surface area is 169 Å². The number of aromatic nitrogens is 1. The minimum Gasteiger partial charge on any atom is -0.493 e. The van der Waals surface area contributed by atoms with Gasteiger partial charge in [0.1, 0.15) is 6.54 Å². The molecule has 0 bridgehead atoms. The van der Waals surface area contributed by atoms with E-state index in [0.29, 0.717) is 11.1 Å². The second kappa shape index (κ2) is 7.67. The van der Waals surface area contributed by atoms with Gasteiger partial charge in [0, 0.05) is 12.4 Å². The van der Waals surface area contributed by atoms with E-state index in [9.17, 15) is 18.3 Å². The summed E-state index contributed by atoms with van der Waals surface area (Å²) in [6.07, 6.45) is 1.04. The first-order valence-electron chi connectivity index (χ1n) is 8.85. The number of para-hydroxylation sites is 1. The molecule has 1 heterocycles. The highest BCUT2D eigenvalue weighted by Crippen LogP contribution is 2.37. The molecule has 8 nitrogen and oxygen atoms in total. The van der Waals surface area contributed by atoms with Gasteiger partial charge in [0.05, 0.1) is 17.5 Å². The third-order valence-corrected chi connectivity index (χ3v) is 5.75. The van der Waals surface area contributed by atoms with Gasteiger partial charge in [-0.15, -0.1) is 10.2 Å². The zero-order chi connectivity index (χ0) is 21.3. The van der Waals surface area contributed by atoms with E-state index in [1.807, 2.05) is 25.1 Å². The molecule has 0 aliphatic rings. The Bertz CT molecular complexity index is 1230. The molecule has 3 rings (SSSR count). The van der Waals surface area contributed by atoms with Crippen molar-refractivity contribution in [2.24, 2.45) is 17.3 Å². The zero-order valence-electron chi connectivity index (χ0n) is 16.6. The Balaban J connectivity index is 1.93. The number of nitrogens with zero attached hydrogens (tertiary/aromatic N) is 4. The van der Waals surface area contributed by atoms with E-state index in [1.54, 1.807) is 38.2 Å². The SMILES string of the molecule is Cc1ccc(C)c(N(CC(=O)N=Nc2c(O)n(C)c3ccccc23)S(C)(=O)=O)c1. The highest BCUT2D eigenvalue weighted by Gasteiger charge is 2.23. The number of aryl methyl sites for hydroxylation is 3. The van der Waals surface area contributed by atoms with E-state index in [2.05, 4.69) is 10.2 Å². The Morgan fingerprint density at radius 3 is 2.55 bits per heavy atom. The summed E-state index contributed by atoms with van der Waals surface area (Å²) in [6.45, 7) is 3.12. The van der Waals surface area contributed by atoms with Gasteiger partial charge < -0.3 is 9.67 Å². The van der Waals surface area contributed by atoms with Gasteiger partial charge in [0.25, 0.3) is 5.91 Å². The molecule has 1 amide bonds. The number of azo groups is 1. The van der Waals surface area contributed by atoms with Gasteiger partial charge in [-0.3, -0.25) is 9.10 Å². The minimum absolute atomic E-state index is 0.128. The van der Waals surface area contributed by atoms with Crippen LogP contribution in [0.5, 0.6) is 5.88 Å². The second-order valence-electron chi connectivity index (χ2n) is 6.90. The molecule has 0 fully saturated rings. The summed E-state index contributed by atoms with van der Waals surface area (Å²) >= 11 is 0. The van der Waals surface area contributed by atoms with Crippen LogP contribution in [0.1, 0.15) is 11.1 Å². The lowest BCUT2D eigenvalue weighted by Gasteiger charge is -2.22. The first-order chi connectivity index (χ1) is 13.6. The molecular formula is C20H22N4O4S. The van der Waals surface area contributed by atoms with Crippen molar-refractivity contribution in [3.63, 3.8) is 0 Å². The van der Waals surface area contributed by atoms with E-state index in [-0.39, 0.29) is 11.6 Å². The van der Waals surface area contributed by atoms with E-state index < -0.39 is 22.5 Å². The van der Waals surface area contributed by atoms with Crippen LogP contribution >= 0.6 is 0 Å². The Morgan fingerprint density at radius 1 is 1.17 bits per heavy atom. The molecule has 0 spiro atoms. The third-order valence-electron chi connectivity index (χ3n) is 4.62. The number of carbonyl (C=O) groups excluding carboxylic acids is 1. The Kier molecular flexibility index (Phi) is 5.43. The molecule has 0 atom stereocenters. The van der Waals surface area contributed by atoms with Gasteiger partial charge >= 0.3 is 0 Å². The number of rotatable bonds is 5. The number of anilines is 1. The number of sulfonamides is 1. The fourth-order valence-electron chi connectivity index (χ4n) is 3.09. The molecule has 1 N–H and O–H groups in total. The summed E-state index contributed by atoms with van der Waals surface area (Å²) in [5.74, 6) is -0.874. The van der Waals surface area contributed by atoms with Gasteiger partial charge in [-0.1, -0.05) is 30.3 Å². The van der Waals surface area contributed by atoms with E-state index in [1.165, 1.54) is 4.57 Å². The van der Waals surface area contributed by atoms with Gasteiger partial charge in [-0.25, -0.2) is 8.42 Å². The minimum atomic E-state index is -3.72. The summed E-state index contributed by atoms with van der Waals surface area (Å²) in [5, 5.41) is 18.5. The summed E-state index contributed by atoms with van der Waals surface area (Å²) in [5.41, 5.74) is 2.91. The second-order valence-corrected chi connectivity index (χ2v) is 8.81. The molecule has 29 heavy (non-hydrogen) atoms. The van der Waals surface area contributed by atoms with Crippen LogP contribution in [-0.4, -0.2) is 36.8 Å². The van der Waals surface area contributed by atoms with Crippen LogP contribution in [0.3, 0.4) is 0 Å². The van der Waals surface area contributed by atoms with Crippen molar-refractivity contribution in [1.29, 1.82) is 0 Å². The van der Waals surface area contributed by atoms with Crippen LogP contribution in [0.15, 0.2) is 52.7 Å². The molecule has 1 aromatic heterocycles. The molecule has 0 saturated carbocycles. The van der Waals surface area contributed by atoms with Gasteiger partial charge in [-0.2, -0.15) is 0 Å². The molecule has 9 heteroatoms. The predicted molar refractivity (Wildman–Crippen MR) is 112 cm³/mol. The van der Waals surface area contributed by atoms with Crippen molar-refractivity contribution < 1.29 is 18.3 Å². The molecule has 2 aromatic carbocycles. The van der Waals surface area contributed by atoms with Crippen LogP contribution in [0.4, 0.5) is 11.4 Å². The van der Waals surface area contributed by atoms with E-state index in [4.69, 9.17) is 0 Å². The summed E-state index contributed by atoms with van der Waals surface area (Å²) in [6, 6.07) is 12.5. The van der Waals surface area contributed by atoms with Crippen molar-refractivity contribution in [2.75, 3.05) is 17.1 Å². The molecule has 0 radical (unpaired) electrons. The molecule has 152 valence electrons. The molecule has 0 aliphatic heterocycles. The largest absolute Gasteiger partial charge is 0.493 e. The van der Waals surface area contributed by atoms with Crippen LogP contribution in [0.25, 0.3) is 10.9 Å².